The number of thiazole rings is 1. The summed E-state index contributed by atoms with van der Waals surface area (Å²) in [6, 6.07) is -0.607. The largest absolute Gasteiger partial charge is 0.330 e. The van der Waals surface area contributed by atoms with Gasteiger partial charge < -0.3 is 0 Å². The second-order valence-corrected chi connectivity index (χ2v) is 5.81. The predicted octanol–water partition coefficient (Wildman–Crippen LogP) is 0.934. The highest BCUT2D eigenvalue weighted by Gasteiger charge is 2.57. The minimum atomic E-state index is -0.975. The van der Waals surface area contributed by atoms with Crippen molar-refractivity contribution in [3.05, 3.63) is 16.6 Å². The summed E-state index contributed by atoms with van der Waals surface area (Å²) in [4.78, 5) is 41.2. The highest BCUT2D eigenvalue weighted by atomic mass is 32.1. The van der Waals surface area contributed by atoms with Gasteiger partial charge in [-0.15, -0.1) is 11.3 Å². The van der Waals surface area contributed by atoms with Gasteiger partial charge in [0, 0.05) is 24.5 Å². The van der Waals surface area contributed by atoms with E-state index in [2.05, 4.69) is 10.3 Å². The number of nitrogens with zero attached hydrogens (tertiary/aromatic N) is 2. The number of hydrogen-bond acceptors (Lipinski definition) is 5. The number of aromatic nitrogens is 1. The molecule has 19 heavy (non-hydrogen) atoms. The van der Waals surface area contributed by atoms with Crippen LogP contribution in [0.1, 0.15) is 24.3 Å². The fourth-order valence-corrected chi connectivity index (χ4v) is 3.10. The van der Waals surface area contributed by atoms with Gasteiger partial charge in [0.15, 0.2) is 0 Å². The van der Waals surface area contributed by atoms with Crippen LogP contribution in [0.3, 0.4) is 0 Å². The van der Waals surface area contributed by atoms with Crippen LogP contribution in [0.5, 0.6) is 0 Å². The van der Waals surface area contributed by atoms with E-state index in [1.54, 1.807) is 6.20 Å². The van der Waals surface area contributed by atoms with Crippen LogP contribution in [0.15, 0.2) is 11.6 Å². The van der Waals surface area contributed by atoms with Crippen LogP contribution >= 0.6 is 11.3 Å². The molecule has 1 N–H and O–H groups in total. The minimum absolute atomic E-state index is 0.271. The zero-order valence-electron chi connectivity index (χ0n) is 10.2. The lowest BCUT2D eigenvalue weighted by Gasteiger charge is -2.44. The maximum atomic E-state index is 12.3. The molecule has 3 rings (SSSR count). The van der Waals surface area contributed by atoms with Crippen molar-refractivity contribution < 1.29 is 14.4 Å². The molecule has 1 aromatic rings. The Morgan fingerprint density at radius 3 is 2.74 bits per heavy atom. The topological polar surface area (TPSA) is 79.4 Å². The SMILES string of the molecule is O=C1NC(=O)C2(CCC2)C(=O)N1CCc1nccs1. The molecule has 100 valence electrons. The van der Waals surface area contributed by atoms with Gasteiger partial charge in [0.25, 0.3) is 0 Å². The molecule has 0 radical (unpaired) electrons. The number of carbonyl (C=O) groups is 3. The molecule has 1 aliphatic heterocycles. The Labute approximate surface area is 113 Å². The smallest absolute Gasteiger partial charge is 0.277 e. The molecule has 0 unspecified atom stereocenters. The lowest BCUT2D eigenvalue weighted by Crippen LogP contribution is -2.66. The Morgan fingerprint density at radius 1 is 1.37 bits per heavy atom. The van der Waals surface area contributed by atoms with Crippen LogP contribution in [-0.2, 0) is 16.0 Å². The van der Waals surface area contributed by atoms with Crippen molar-refractivity contribution in [2.75, 3.05) is 6.54 Å². The van der Waals surface area contributed by atoms with Crippen LogP contribution < -0.4 is 5.32 Å². The number of imide groups is 2. The number of rotatable bonds is 3. The molecule has 2 fully saturated rings. The molecule has 1 saturated carbocycles. The fraction of sp³-hybridized carbons (Fsp3) is 0.500. The fourth-order valence-electron chi connectivity index (χ4n) is 2.49. The van der Waals surface area contributed by atoms with Crippen LogP contribution in [0.25, 0.3) is 0 Å². The highest BCUT2D eigenvalue weighted by Crippen LogP contribution is 2.44. The van der Waals surface area contributed by atoms with Gasteiger partial charge in [-0.1, -0.05) is 6.42 Å². The van der Waals surface area contributed by atoms with Gasteiger partial charge in [0.2, 0.25) is 11.8 Å². The third-order valence-corrected chi connectivity index (χ3v) is 4.63. The summed E-state index contributed by atoms with van der Waals surface area (Å²) in [5.74, 6) is -0.775. The second-order valence-electron chi connectivity index (χ2n) is 4.83. The Morgan fingerprint density at radius 2 is 2.16 bits per heavy atom. The van der Waals surface area contributed by atoms with E-state index in [1.807, 2.05) is 5.38 Å². The summed E-state index contributed by atoms with van der Waals surface area (Å²) in [6.07, 6.45) is 4.15. The number of hydrogen-bond donors (Lipinski definition) is 1. The van der Waals surface area contributed by atoms with Crippen molar-refractivity contribution in [3.63, 3.8) is 0 Å². The molecule has 7 heteroatoms. The first-order chi connectivity index (χ1) is 9.13. The van der Waals surface area contributed by atoms with E-state index in [1.165, 1.54) is 11.3 Å². The average molecular weight is 279 g/mol. The van der Waals surface area contributed by atoms with Gasteiger partial charge in [-0.25, -0.2) is 9.78 Å². The van der Waals surface area contributed by atoms with Crippen molar-refractivity contribution in [2.24, 2.45) is 5.41 Å². The molecule has 0 atom stereocenters. The molecule has 1 aromatic heterocycles. The molecule has 0 aromatic carbocycles. The van der Waals surface area contributed by atoms with E-state index in [0.29, 0.717) is 19.3 Å². The summed E-state index contributed by atoms with van der Waals surface area (Å²) >= 11 is 1.49. The van der Waals surface area contributed by atoms with E-state index in [4.69, 9.17) is 0 Å². The van der Waals surface area contributed by atoms with Crippen molar-refractivity contribution in [2.45, 2.75) is 25.7 Å². The molecule has 0 bridgehead atoms. The van der Waals surface area contributed by atoms with Crippen LogP contribution in [0.4, 0.5) is 4.79 Å². The first kappa shape index (κ1) is 12.3. The number of urea groups is 1. The Bertz CT molecular complexity index is 536. The lowest BCUT2D eigenvalue weighted by atomic mass is 9.66. The third kappa shape index (κ3) is 1.85. The van der Waals surface area contributed by atoms with E-state index >= 15 is 0 Å². The zero-order valence-corrected chi connectivity index (χ0v) is 11.0. The quantitative estimate of drug-likeness (QED) is 0.835. The van der Waals surface area contributed by atoms with Crippen molar-refractivity contribution in [1.29, 1.82) is 0 Å². The first-order valence-electron chi connectivity index (χ1n) is 6.19. The monoisotopic (exact) mass is 279 g/mol. The van der Waals surface area contributed by atoms with Crippen LogP contribution in [0, 0.1) is 5.41 Å². The van der Waals surface area contributed by atoms with E-state index in [-0.39, 0.29) is 12.5 Å². The molecular formula is C12H13N3O3S. The summed E-state index contributed by atoms with van der Waals surface area (Å²) < 4.78 is 0. The number of carbonyl (C=O) groups excluding carboxylic acids is 3. The van der Waals surface area contributed by atoms with E-state index in [9.17, 15) is 14.4 Å². The third-order valence-electron chi connectivity index (χ3n) is 3.79. The molecule has 6 nitrogen and oxygen atoms in total. The van der Waals surface area contributed by atoms with Crippen LogP contribution in [0.2, 0.25) is 0 Å². The molecule has 1 aliphatic carbocycles. The molecular weight excluding hydrogens is 266 g/mol. The van der Waals surface area contributed by atoms with Crippen molar-refractivity contribution in [3.8, 4) is 0 Å². The molecule has 2 aliphatic rings. The number of barbiturate groups is 1. The normalized spacial score (nSPS) is 21.5. The van der Waals surface area contributed by atoms with Gasteiger partial charge in [0.05, 0.1) is 5.01 Å². The van der Waals surface area contributed by atoms with E-state index < -0.39 is 17.4 Å². The van der Waals surface area contributed by atoms with Gasteiger partial charge in [0.1, 0.15) is 5.41 Å². The summed E-state index contributed by atoms with van der Waals surface area (Å²) in [5.41, 5.74) is -0.975. The summed E-state index contributed by atoms with van der Waals surface area (Å²) in [5, 5.41) is 5.02. The van der Waals surface area contributed by atoms with Gasteiger partial charge in [-0.05, 0) is 12.8 Å². The van der Waals surface area contributed by atoms with E-state index in [0.717, 1.165) is 16.3 Å². The Balaban J connectivity index is 1.74. The average Bonchev–Trinajstić information content (AvgIpc) is 2.79. The molecule has 1 saturated heterocycles. The summed E-state index contributed by atoms with van der Waals surface area (Å²) in [7, 11) is 0. The van der Waals surface area contributed by atoms with Gasteiger partial charge in [-0.2, -0.15) is 0 Å². The Hall–Kier alpha value is -1.76. The lowest BCUT2D eigenvalue weighted by molar-refractivity contribution is -0.157. The first-order valence-corrected chi connectivity index (χ1v) is 7.07. The van der Waals surface area contributed by atoms with Crippen molar-refractivity contribution in [1.82, 2.24) is 15.2 Å². The predicted molar refractivity (Wildman–Crippen MR) is 67.4 cm³/mol. The van der Waals surface area contributed by atoms with Gasteiger partial charge >= 0.3 is 6.03 Å². The minimum Gasteiger partial charge on any atom is -0.277 e. The molecule has 2 heterocycles. The number of amides is 4. The van der Waals surface area contributed by atoms with Crippen molar-refractivity contribution >= 4 is 29.2 Å². The zero-order chi connectivity index (χ0) is 13.5. The Kier molecular flexibility index (Phi) is 2.85. The highest BCUT2D eigenvalue weighted by molar-refractivity contribution is 7.09. The molecule has 4 amide bonds. The maximum Gasteiger partial charge on any atom is 0.330 e. The maximum absolute atomic E-state index is 12.3. The van der Waals surface area contributed by atoms with Gasteiger partial charge in [-0.3, -0.25) is 19.8 Å². The standard InChI is InChI=1S/C12H13N3O3S/c16-9-12(3-1-4-12)10(17)15(11(18)14-9)6-2-8-13-5-7-19-8/h5,7H,1-4,6H2,(H,14,16,18). The summed E-state index contributed by atoms with van der Waals surface area (Å²) in [6.45, 7) is 0.271. The molecule has 1 spiro atoms. The second kappa shape index (κ2) is 4.41. The van der Waals surface area contributed by atoms with Crippen LogP contribution in [-0.4, -0.2) is 34.3 Å². The number of nitrogens with one attached hydrogen (secondary N) is 1.